The lowest BCUT2D eigenvalue weighted by molar-refractivity contribution is -0.140. The summed E-state index contributed by atoms with van der Waals surface area (Å²) in [6.07, 6.45) is 0.225. The third kappa shape index (κ3) is 6.93. The highest BCUT2D eigenvalue weighted by Gasteiger charge is 2.28. The molecule has 0 fully saturated rings. The maximum absolute atomic E-state index is 13.2. The van der Waals surface area contributed by atoms with Gasteiger partial charge in [-0.15, -0.1) is 0 Å². The van der Waals surface area contributed by atoms with E-state index in [0.717, 1.165) is 22.4 Å². The van der Waals surface area contributed by atoms with Gasteiger partial charge in [-0.25, -0.2) is 0 Å². The van der Waals surface area contributed by atoms with Gasteiger partial charge in [-0.05, 0) is 57.9 Å². The molecule has 1 N–H and O–H groups in total. The van der Waals surface area contributed by atoms with E-state index in [-0.39, 0.29) is 23.8 Å². The fraction of sp³-hybridized carbons (Fsp3) is 0.417. The van der Waals surface area contributed by atoms with Crippen molar-refractivity contribution in [3.63, 3.8) is 0 Å². The van der Waals surface area contributed by atoms with Crippen LogP contribution in [0.4, 0.5) is 0 Å². The number of hydrogen-bond acceptors (Lipinski definition) is 3. The molecule has 1 atom stereocenters. The summed E-state index contributed by atoms with van der Waals surface area (Å²) in [6.45, 7) is 9.98. The van der Waals surface area contributed by atoms with Crippen molar-refractivity contribution in [1.29, 1.82) is 0 Å². The zero-order valence-corrected chi connectivity index (χ0v) is 18.3. The number of hydrogen-bond donors (Lipinski definition) is 1. The molecule has 29 heavy (non-hydrogen) atoms. The Morgan fingerprint density at radius 3 is 2.07 bits per heavy atom. The maximum atomic E-state index is 13.2. The van der Waals surface area contributed by atoms with Crippen LogP contribution in [-0.4, -0.2) is 35.4 Å². The largest absolute Gasteiger partial charge is 0.497 e. The van der Waals surface area contributed by atoms with E-state index in [2.05, 4.69) is 5.32 Å². The molecule has 0 spiro atoms. The summed E-state index contributed by atoms with van der Waals surface area (Å²) < 4.78 is 5.18. The normalized spacial score (nSPS) is 12.2. The van der Waals surface area contributed by atoms with Crippen LogP contribution in [0.1, 0.15) is 44.4 Å². The number of nitrogens with one attached hydrogen (secondary N) is 1. The van der Waals surface area contributed by atoms with Gasteiger partial charge in [0, 0.05) is 12.1 Å². The predicted molar refractivity (Wildman–Crippen MR) is 116 cm³/mol. The molecule has 0 aliphatic carbocycles. The molecule has 2 aromatic carbocycles. The number of ether oxygens (including phenoxy) is 1. The molecule has 0 saturated carbocycles. The van der Waals surface area contributed by atoms with Crippen molar-refractivity contribution in [3.8, 4) is 5.75 Å². The van der Waals surface area contributed by atoms with Crippen molar-refractivity contribution >= 4 is 11.8 Å². The number of nitrogens with zero attached hydrogens (tertiary/aromatic N) is 1. The van der Waals surface area contributed by atoms with E-state index in [0.29, 0.717) is 6.54 Å². The number of methoxy groups -OCH3 is 1. The minimum Gasteiger partial charge on any atom is -0.497 e. The molecule has 0 aliphatic heterocycles. The second-order valence-electron chi connectivity index (χ2n) is 8.45. The molecule has 0 aromatic heterocycles. The molecule has 2 amide bonds. The summed E-state index contributed by atoms with van der Waals surface area (Å²) in [7, 11) is 1.61. The predicted octanol–water partition coefficient (Wildman–Crippen LogP) is 3.88. The zero-order valence-electron chi connectivity index (χ0n) is 18.3. The summed E-state index contributed by atoms with van der Waals surface area (Å²) >= 11 is 0. The molecular weight excluding hydrogens is 364 g/mol. The Kier molecular flexibility index (Phi) is 7.43. The molecule has 2 rings (SSSR count). The van der Waals surface area contributed by atoms with E-state index in [9.17, 15) is 9.59 Å². The molecule has 5 heteroatoms. The van der Waals surface area contributed by atoms with Crippen LogP contribution in [0.25, 0.3) is 0 Å². The van der Waals surface area contributed by atoms with Crippen LogP contribution in [-0.2, 0) is 22.6 Å². The SMILES string of the molecule is COc1ccc(CC(=O)N(Cc2ccc(C)cc2)[C@@H](C)C(=O)NC(C)(C)C)cc1. The Balaban J connectivity index is 2.22. The Morgan fingerprint density at radius 2 is 1.55 bits per heavy atom. The fourth-order valence-corrected chi connectivity index (χ4v) is 2.97. The number of carbonyl (C=O) groups is 2. The molecule has 0 bridgehead atoms. The lowest BCUT2D eigenvalue weighted by atomic mass is 10.1. The zero-order chi connectivity index (χ0) is 21.6. The topological polar surface area (TPSA) is 58.6 Å². The molecule has 0 aliphatic rings. The van der Waals surface area contributed by atoms with Gasteiger partial charge < -0.3 is 15.0 Å². The van der Waals surface area contributed by atoms with Gasteiger partial charge in [-0.2, -0.15) is 0 Å². The average Bonchev–Trinajstić information content (AvgIpc) is 2.66. The standard InChI is InChI=1S/C24H32N2O3/c1-17-7-9-20(10-8-17)16-26(18(2)23(28)25-24(3,4)5)22(27)15-19-11-13-21(29-6)14-12-19/h7-14,18H,15-16H2,1-6H3,(H,25,28)/t18-/m0/s1. The molecular formula is C24H32N2O3. The first-order valence-corrected chi connectivity index (χ1v) is 9.89. The first kappa shape index (κ1) is 22.5. The van der Waals surface area contributed by atoms with Gasteiger partial charge in [-0.3, -0.25) is 9.59 Å². The smallest absolute Gasteiger partial charge is 0.242 e. The van der Waals surface area contributed by atoms with Crippen LogP contribution in [0.2, 0.25) is 0 Å². The third-order valence-electron chi connectivity index (χ3n) is 4.65. The van der Waals surface area contributed by atoms with Gasteiger partial charge in [0.2, 0.25) is 11.8 Å². The summed E-state index contributed by atoms with van der Waals surface area (Å²) in [6, 6.07) is 14.9. The highest BCUT2D eigenvalue weighted by molar-refractivity contribution is 5.88. The summed E-state index contributed by atoms with van der Waals surface area (Å²) in [5, 5.41) is 2.98. The summed E-state index contributed by atoms with van der Waals surface area (Å²) in [5.41, 5.74) is 2.67. The van der Waals surface area contributed by atoms with Gasteiger partial charge >= 0.3 is 0 Å². The maximum Gasteiger partial charge on any atom is 0.242 e. The molecule has 0 radical (unpaired) electrons. The van der Waals surface area contributed by atoms with Crippen LogP contribution in [0.5, 0.6) is 5.75 Å². The highest BCUT2D eigenvalue weighted by atomic mass is 16.5. The summed E-state index contributed by atoms with van der Waals surface area (Å²) in [4.78, 5) is 27.6. The molecule has 156 valence electrons. The monoisotopic (exact) mass is 396 g/mol. The highest BCUT2D eigenvalue weighted by Crippen LogP contribution is 2.16. The number of rotatable bonds is 7. The van der Waals surface area contributed by atoms with Crippen LogP contribution >= 0.6 is 0 Å². The van der Waals surface area contributed by atoms with Crippen molar-refractivity contribution < 1.29 is 14.3 Å². The third-order valence-corrected chi connectivity index (χ3v) is 4.65. The molecule has 0 unspecified atom stereocenters. The van der Waals surface area contributed by atoms with Crippen LogP contribution in [0.15, 0.2) is 48.5 Å². The summed E-state index contributed by atoms with van der Waals surface area (Å²) in [5.74, 6) is 0.496. The van der Waals surface area contributed by atoms with E-state index < -0.39 is 6.04 Å². The Labute approximate surface area is 174 Å². The van der Waals surface area contributed by atoms with Gasteiger partial charge in [-0.1, -0.05) is 42.0 Å². The van der Waals surface area contributed by atoms with Crippen molar-refractivity contribution in [1.82, 2.24) is 10.2 Å². The van der Waals surface area contributed by atoms with Crippen molar-refractivity contribution in [2.24, 2.45) is 0 Å². The van der Waals surface area contributed by atoms with E-state index in [1.165, 1.54) is 0 Å². The van der Waals surface area contributed by atoms with E-state index in [1.54, 1.807) is 18.9 Å². The Morgan fingerprint density at radius 1 is 1.00 bits per heavy atom. The minimum atomic E-state index is -0.582. The number of carbonyl (C=O) groups excluding carboxylic acids is 2. The number of benzene rings is 2. The van der Waals surface area contributed by atoms with Crippen molar-refractivity contribution in [3.05, 3.63) is 65.2 Å². The lowest BCUT2D eigenvalue weighted by Gasteiger charge is -2.31. The van der Waals surface area contributed by atoms with Crippen LogP contribution in [0.3, 0.4) is 0 Å². The number of aryl methyl sites for hydroxylation is 1. The van der Waals surface area contributed by atoms with Gasteiger partial charge in [0.1, 0.15) is 11.8 Å². The van der Waals surface area contributed by atoms with Crippen molar-refractivity contribution in [2.45, 2.75) is 59.2 Å². The average molecular weight is 397 g/mol. The second-order valence-corrected chi connectivity index (χ2v) is 8.45. The quantitative estimate of drug-likeness (QED) is 0.773. The minimum absolute atomic E-state index is 0.0905. The van der Waals surface area contributed by atoms with Crippen LogP contribution in [0, 0.1) is 6.92 Å². The van der Waals surface area contributed by atoms with E-state index >= 15 is 0 Å². The lowest BCUT2D eigenvalue weighted by Crippen LogP contribution is -2.52. The Hall–Kier alpha value is -2.82. The Bertz CT molecular complexity index is 821. The fourth-order valence-electron chi connectivity index (χ4n) is 2.97. The first-order valence-electron chi connectivity index (χ1n) is 9.89. The van der Waals surface area contributed by atoms with Gasteiger partial charge in [0.05, 0.1) is 13.5 Å². The molecule has 2 aromatic rings. The van der Waals surface area contributed by atoms with Gasteiger partial charge in [0.25, 0.3) is 0 Å². The van der Waals surface area contributed by atoms with Crippen LogP contribution < -0.4 is 10.1 Å². The first-order chi connectivity index (χ1) is 13.6. The second kappa shape index (κ2) is 9.59. The molecule has 5 nitrogen and oxygen atoms in total. The van der Waals surface area contributed by atoms with Crippen molar-refractivity contribution in [2.75, 3.05) is 7.11 Å². The van der Waals surface area contributed by atoms with Gasteiger partial charge in [0.15, 0.2) is 0 Å². The molecule has 0 saturated heterocycles. The number of amides is 2. The van der Waals surface area contributed by atoms with E-state index in [4.69, 9.17) is 4.74 Å². The van der Waals surface area contributed by atoms with E-state index in [1.807, 2.05) is 76.2 Å². The molecule has 0 heterocycles.